The molecule has 0 aliphatic carbocycles. The van der Waals surface area contributed by atoms with Gasteiger partial charge in [-0.25, -0.2) is 0 Å². The number of nitrogens with zero attached hydrogens (tertiary/aromatic N) is 2. The van der Waals surface area contributed by atoms with E-state index in [2.05, 4.69) is 13.8 Å². The highest BCUT2D eigenvalue weighted by atomic mass is 19.4. The Morgan fingerprint density at radius 1 is 0.482 bits per heavy atom. The van der Waals surface area contributed by atoms with E-state index in [1.807, 2.05) is 61.8 Å². The van der Waals surface area contributed by atoms with Gasteiger partial charge in [-0.15, -0.1) is 0 Å². The van der Waals surface area contributed by atoms with Crippen molar-refractivity contribution in [3.8, 4) is 11.5 Å². The molecule has 0 fully saturated rings. The Morgan fingerprint density at radius 3 is 1.18 bits per heavy atom. The maximum Gasteiger partial charge on any atom is 0.416 e. The fourth-order valence-electron chi connectivity index (χ4n) is 6.52. The molecule has 3 aromatic carbocycles. The first-order valence-corrected chi connectivity index (χ1v) is 20.4. The molecule has 56 heavy (non-hydrogen) atoms. The average Bonchev–Trinajstić information content (AvgIpc) is 3.16. The van der Waals surface area contributed by atoms with Crippen molar-refractivity contribution in [3.05, 3.63) is 93.0 Å². The standard InChI is InChI=1S/C46H62F6N2O2/c1-7-13-15-17-27-55-43-31-38(24-20-36-22-26-42(46(50,51)52)40(30-36)34-54(11-5)12-6)44(56-28-18-16-14-8-2)32-37(43)23-19-35-21-25-41(45(47,48)49)39(29-35)33-53(9-3)10-4/h19-26,29-32H,7-18,27-28,33-34H2,1-6H3/b23-19+,24-20+. The highest BCUT2D eigenvalue weighted by molar-refractivity contribution is 5.79. The third kappa shape index (κ3) is 15.0. The van der Waals surface area contributed by atoms with Crippen molar-refractivity contribution >= 4 is 24.3 Å². The molecule has 0 aliphatic heterocycles. The van der Waals surface area contributed by atoms with Crippen molar-refractivity contribution in [1.29, 1.82) is 0 Å². The predicted molar refractivity (Wildman–Crippen MR) is 220 cm³/mol. The van der Waals surface area contributed by atoms with Gasteiger partial charge in [0.05, 0.1) is 24.3 Å². The summed E-state index contributed by atoms with van der Waals surface area (Å²) in [5.41, 5.74) is 1.84. The minimum absolute atomic E-state index is 0.183. The number of benzene rings is 3. The first kappa shape index (κ1) is 46.6. The number of halogens is 6. The maximum absolute atomic E-state index is 14.0. The molecular formula is C46H62F6N2O2. The third-order valence-corrected chi connectivity index (χ3v) is 10.0. The van der Waals surface area contributed by atoms with Gasteiger partial charge in [-0.3, -0.25) is 9.80 Å². The van der Waals surface area contributed by atoms with Crippen molar-refractivity contribution in [3.63, 3.8) is 0 Å². The first-order chi connectivity index (χ1) is 26.8. The summed E-state index contributed by atoms with van der Waals surface area (Å²) in [6, 6.07) is 12.2. The van der Waals surface area contributed by atoms with Gasteiger partial charge in [-0.2, -0.15) is 26.3 Å². The molecule has 3 aromatic rings. The Bertz CT molecular complexity index is 1550. The molecule has 0 amide bonds. The minimum atomic E-state index is -4.47. The summed E-state index contributed by atoms with van der Waals surface area (Å²) >= 11 is 0. The lowest BCUT2D eigenvalue weighted by Gasteiger charge is -2.21. The normalized spacial score (nSPS) is 12.5. The van der Waals surface area contributed by atoms with E-state index in [1.165, 1.54) is 12.1 Å². The smallest absolute Gasteiger partial charge is 0.416 e. The molecule has 0 N–H and O–H groups in total. The molecular weight excluding hydrogens is 727 g/mol. The summed E-state index contributed by atoms with van der Waals surface area (Å²) in [6.07, 6.45) is 6.41. The molecule has 0 atom stereocenters. The molecule has 0 aliphatic rings. The molecule has 0 saturated heterocycles. The van der Waals surface area contributed by atoms with Gasteiger partial charge >= 0.3 is 12.4 Å². The van der Waals surface area contributed by atoms with Crippen LogP contribution in [0, 0.1) is 0 Å². The van der Waals surface area contributed by atoms with Crippen molar-refractivity contribution < 1.29 is 35.8 Å². The average molecular weight is 789 g/mol. The number of ether oxygens (including phenoxy) is 2. The molecule has 3 rings (SSSR count). The second kappa shape index (κ2) is 23.5. The van der Waals surface area contributed by atoms with E-state index < -0.39 is 23.5 Å². The summed E-state index contributed by atoms with van der Waals surface area (Å²) in [5.74, 6) is 1.17. The van der Waals surface area contributed by atoms with Crippen LogP contribution >= 0.6 is 0 Å². The molecule has 4 nitrogen and oxygen atoms in total. The van der Waals surface area contributed by atoms with Crippen LogP contribution in [-0.2, 0) is 25.4 Å². The predicted octanol–water partition coefficient (Wildman–Crippen LogP) is 13.7. The van der Waals surface area contributed by atoms with Gasteiger partial charge in [-0.1, -0.05) is 117 Å². The number of unbranched alkanes of at least 4 members (excludes halogenated alkanes) is 6. The SMILES string of the molecule is CCCCCCOc1cc(/C=C/c2ccc(C(F)(F)F)c(CN(CC)CC)c2)c(OCCCCCC)cc1/C=C/c1ccc(C(F)(F)F)c(CN(CC)CC)c1. The number of rotatable bonds is 24. The van der Waals surface area contributed by atoms with Gasteiger partial charge < -0.3 is 9.47 Å². The first-order valence-electron chi connectivity index (χ1n) is 20.4. The summed E-state index contributed by atoms with van der Waals surface area (Å²) in [6.45, 7) is 15.8. The summed E-state index contributed by atoms with van der Waals surface area (Å²) in [7, 11) is 0. The van der Waals surface area contributed by atoms with Crippen LogP contribution in [0.3, 0.4) is 0 Å². The summed E-state index contributed by atoms with van der Waals surface area (Å²) in [5, 5.41) is 0. The van der Waals surface area contributed by atoms with Crippen LogP contribution in [-0.4, -0.2) is 49.2 Å². The Labute approximate surface area is 331 Å². The maximum atomic E-state index is 14.0. The number of hydrogen-bond donors (Lipinski definition) is 0. The zero-order valence-electron chi connectivity index (χ0n) is 34.2. The second-order valence-corrected chi connectivity index (χ2v) is 14.2. The largest absolute Gasteiger partial charge is 0.493 e. The molecule has 0 unspecified atom stereocenters. The van der Waals surface area contributed by atoms with Crippen LogP contribution in [0.5, 0.6) is 11.5 Å². The van der Waals surface area contributed by atoms with Gasteiger partial charge in [0.1, 0.15) is 11.5 Å². The zero-order valence-corrected chi connectivity index (χ0v) is 34.2. The molecule has 0 saturated carbocycles. The van der Waals surface area contributed by atoms with Crippen LogP contribution in [0.2, 0.25) is 0 Å². The van der Waals surface area contributed by atoms with Crippen molar-refractivity contribution in [2.24, 2.45) is 0 Å². The highest BCUT2D eigenvalue weighted by Gasteiger charge is 2.34. The molecule has 0 radical (unpaired) electrons. The monoisotopic (exact) mass is 788 g/mol. The molecule has 310 valence electrons. The van der Waals surface area contributed by atoms with Crippen molar-refractivity contribution in [1.82, 2.24) is 9.80 Å². The van der Waals surface area contributed by atoms with Gasteiger partial charge in [0.15, 0.2) is 0 Å². The van der Waals surface area contributed by atoms with Crippen LogP contribution in [0.1, 0.15) is 137 Å². The topological polar surface area (TPSA) is 24.9 Å². The fraction of sp³-hybridized carbons (Fsp3) is 0.522. The van der Waals surface area contributed by atoms with Crippen LogP contribution in [0.25, 0.3) is 24.3 Å². The highest BCUT2D eigenvalue weighted by Crippen LogP contribution is 2.37. The van der Waals surface area contributed by atoms with Crippen LogP contribution in [0.15, 0.2) is 48.5 Å². The lowest BCUT2D eigenvalue weighted by atomic mass is 10.0. The fourth-order valence-corrected chi connectivity index (χ4v) is 6.52. The quantitative estimate of drug-likeness (QED) is 0.0513. The van der Waals surface area contributed by atoms with E-state index in [9.17, 15) is 26.3 Å². The number of alkyl halides is 6. The Morgan fingerprint density at radius 2 is 0.857 bits per heavy atom. The van der Waals surface area contributed by atoms with E-state index in [4.69, 9.17) is 9.47 Å². The minimum Gasteiger partial charge on any atom is -0.493 e. The van der Waals surface area contributed by atoms with E-state index in [1.54, 1.807) is 24.3 Å². The van der Waals surface area contributed by atoms with Crippen LogP contribution in [0.4, 0.5) is 26.3 Å². The molecule has 10 heteroatoms. The lowest BCUT2D eigenvalue weighted by Crippen LogP contribution is -2.24. The number of hydrogen-bond acceptors (Lipinski definition) is 4. The molecule has 0 aromatic heterocycles. The van der Waals surface area contributed by atoms with Gasteiger partial charge in [0.25, 0.3) is 0 Å². The molecule has 0 spiro atoms. The molecule has 0 heterocycles. The van der Waals surface area contributed by atoms with E-state index in [0.717, 1.165) is 63.5 Å². The summed E-state index contributed by atoms with van der Waals surface area (Å²) in [4.78, 5) is 3.91. The molecule has 0 bridgehead atoms. The summed E-state index contributed by atoms with van der Waals surface area (Å²) < 4.78 is 96.8. The van der Waals surface area contributed by atoms with Gasteiger partial charge in [0.2, 0.25) is 0 Å². The Kier molecular flexibility index (Phi) is 19.5. The van der Waals surface area contributed by atoms with Crippen molar-refractivity contribution in [2.75, 3.05) is 39.4 Å². The Balaban J connectivity index is 2.12. The van der Waals surface area contributed by atoms with Crippen molar-refractivity contribution in [2.45, 2.75) is 118 Å². The van der Waals surface area contributed by atoms with E-state index >= 15 is 0 Å². The van der Waals surface area contributed by atoms with Gasteiger partial charge in [-0.05, 0) is 97.7 Å². The lowest BCUT2D eigenvalue weighted by molar-refractivity contribution is -0.139. The van der Waals surface area contributed by atoms with Crippen LogP contribution < -0.4 is 9.47 Å². The Hall–Kier alpha value is -3.76. The van der Waals surface area contributed by atoms with E-state index in [-0.39, 0.29) is 24.2 Å². The van der Waals surface area contributed by atoms with E-state index in [0.29, 0.717) is 73.1 Å². The third-order valence-electron chi connectivity index (χ3n) is 10.0. The second-order valence-electron chi connectivity index (χ2n) is 14.2. The van der Waals surface area contributed by atoms with Gasteiger partial charge in [0, 0.05) is 24.2 Å². The zero-order chi connectivity index (χ0) is 41.1.